The molecule has 18 heavy (non-hydrogen) atoms. The van der Waals surface area contributed by atoms with E-state index in [0.717, 1.165) is 25.8 Å². The summed E-state index contributed by atoms with van der Waals surface area (Å²) in [4.78, 5) is 11.9. The smallest absolute Gasteiger partial charge is 0.237 e. The van der Waals surface area contributed by atoms with E-state index < -0.39 is 0 Å². The van der Waals surface area contributed by atoms with E-state index in [1.165, 1.54) is 0 Å². The average Bonchev–Trinajstić information content (AvgIpc) is 2.82. The molecule has 0 aromatic rings. The Hall–Kier alpha value is -0.650. The van der Waals surface area contributed by atoms with E-state index >= 15 is 0 Å². The quantitative estimate of drug-likeness (QED) is 0.613. The molecule has 2 atom stereocenters. The molecule has 1 aliphatic heterocycles. The number of carbonyl (C=O) groups excluding carboxylic acids is 1. The second kappa shape index (κ2) is 7.07. The molecule has 1 amide bonds. The van der Waals surface area contributed by atoms with Gasteiger partial charge in [0, 0.05) is 26.8 Å². The van der Waals surface area contributed by atoms with Gasteiger partial charge in [0.15, 0.2) is 0 Å². The van der Waals surface area contributed by atoms with Gasteiger partial charge in [0.1, 0.15) is 0 Å². The average molecular weight is 258 g/mol. The Labute approximate surface area is 109 Å². The maximum atomic E-state index is 11.9. The lowest BCUT2D eigenvalue weighted by molar-refractivity contribution is -0.123. The number of hydrogen-bond donors (Lipinski definition) is 3. The molecule has 0 spiro atoms. The van der Waals surface area contributed by atoms with Crippen LogP contribution in [0.15, 0.2) is 0 Å². The number of amides is 1. The SMILES string of the molecule is COC1CNC(C(=O)NCC(C)(C)CCCO)C1. The zero-order valence-electron chi connectivity index (χ0n) is 11.7. The van der Waals surface area contributed by atoms with Crippen LogP contribution in [0.2, 0.25) is 0 Å². The van der Waals surface area contributed by atoms with E-state index in [0.29, 0.717) is 6.54 Å². The van der Waals surface area contributed by atoms with Crippen LogP contribution in [0.4, 0.5) is 0 Å². The second-order valence-corrected chi connectivity index (χ2v) is 5.76. The summed E-state index contributed by atoms with van der Waals surface area (Å²) in [7, 11) is 1.67. The van der Waals surface area contributed by atoms with Crippen LogP contribution in [0.1, 0.15) is 33.1 Å². The summed E-state index contributed by atoms with van der Waals surface area (Å²) in [6.07, 6.45) is 2.56. The lowest BCUT2D eigenvalue weighted by Gasteiger charge is -2.25. The van der Waals surface area contributed by atoms with Gasteiger partial charge in [0.05, 0.1) is 12.1 Å². The Balaban J connectivity index is 2.28. The van der Waals surface area contributed by atoms with Gasteiger partial charge in [0.25, 0.3) is 0 Å². The van der Waals surface area contributed by atoms with Gasteiger partial charge >= 0.3 is 0 Å². The van der Waals surface area contributed by atoms with Gasteiger partial charge in [-0.15, -0.1) is 0 Å². The Morgan fingerprint density at radius 1 is 1.56 bits per heavy atom. The molecular weight excluding hydrogens is 232 g/mol. The van der Waals surface area contributed by atoms with Crippen molar-refractivity contribution in [2.75, 3.05) is 26.8 Å². The molecule has 0 saturated carbocycles. The molecule has 1 aliphatic rings. The molecule has 0 aromatic carbocycles. The van der Waals surface area contributed by atoms with Crippen LogP contribution in [0.25, 0.3) is 0 Å². The number of hydrogen-bond acceptors (Lipinski definition) is 4. The van der Waals surface area contributed by atoms with Crippen LogP contribution >= 0.6 is 0 Å². The van der Waals surface area contributed by atoms with E-state index in [2.05, 4.69) is 24.5 Å². The van der Waals surface area contributed by atoms with Crippen molar-refractivity contribution in [3.05, 3.63) is 0 Å². The van der Waals surface area contributed by atoms with Crippen molar-refractivity contribution in [1.82, 2.24) is 10.6 Å². The van der Waals surface area contributed by atoms with Gasteiger partial charge in [-0.25, -0.2) is 0 Å². The van der Waals surface area contributed by atoms with Gasteiger partial charge in [0.2, 0.25) is 5.91 Å². The molecule has 1 fully saturated rings. The number of aliphatic hydroxyl groups is 1. The molecule has 0 radical (unpaired) electrons. The van der Waals surface area contributed by atoms with Gasteiger partial charge in [-0.2, -0.15) is 0 Å². The predicted molar refractivity (Wildman–Crippen MR) is 70.3 cm³/mol. The number of ether oxygens (including phenoxy) is 1. The first-order chi connectivity index (χ1) is 8.48. The molecule has 1 heterocycles. The molecule has 106 valence electrons. The minimum atomic E-state index is -0.136. The normalized spacial score (nSPS) is 24.2. The molecule has 0 bridgehead atoms. The third-order valence-electron chi connectivity index (χ3n) is 3.49. The Bertz CT molecular complexity index is 269. The highest BCUT2D eigenvalue weighted by atomic mass is 16.5. The predicted octanol–water partition coefficient (Wildman–Crippen LogP) is 0.278. The first-order valence-corrected chi connectivity index (χ1v) is 6.63. The summed E-state index contributed by atoms with van der Waals surface area (Å²) in [5, 5.41) is 15.0. The standard InChI is InChI=1S/C13H26N2O3/c1-13(2,5-4-6-16)9-15-12(17)11-7-10(18-3)8-14-11/h10-11,14,16H,4-9H2,1-3H3,(H,15,17). The summed E-state index contributed by atoms with van der Waals surface area (Å²) in [6, 6.07) is -0.136. The Kier molecular flexibility index (Phi) is 6.05. The van der Waals surface area contributed by atoms with Crippen molar-refractivity contribution in [1.29, 1.82) is 0 Å². The van der Waals surface area contributed by atoms with Crippen molar-refractivity contribution < 1.29 is 14.6 Å². The maximum Gasteiger partial charge on any atom is 0.237 e. The number of methoxy groups -OCH3 is 1. The third kappa shape index (κ3) is 4.92. The third-order valence-corrected chi connectivity index (χ3v) is 3.49. The summed E-state index contributed by atoms with van der Waals surface area (Å²) >= 11 is 0. The molecular formula is C13H26N2O3. The van der Waals surface area contributed by atoms with Crippen LogP contribution in [0.5, 0.6) is 0 Å². The molecule has 0 aliphatic carbocycles. The van der Waals surface area contributed by atoms with Gasteiger partial charge in [-0.1, -0.05) is 13.8 Å². The van der Waals surface area contributed by atoms with Crippen molar-refractivity contribution in [3.8, 4) is 0 Å². The lowest BCUT2D eigenvalue weighted by Crippen LogP contribution is -2.43. The molecule has 2 unspecified atom stereocenters. The summed E-state index contributed by atoms with van der Waals surface area (Å²) in [6.45, 7) is 5.78. The fourth-order valence-corrected chi connectivity index (χ4v) is 2.18. The molecule has 1 saturated heterocycles. The van der Waals surface area contributed by atoms with E-state index in [1.807, 2.05) is 0 Å². The van der Waals surface area contributed by atoms with Crippen molar-refractivity contribution in [2.24, 2.45) is 5.41 Å². The number of nitrogens with one attached hydrogen (secondary N) is 2. The van der Waals surface area contributed by atoms with E-state index in [4.69, 9.17) is 9.84 Å². The van der Waals surface area contributed by atoms with Crippen LogP contribution in [-0.2, 0) is 9.53 Å². The molecule has 5 nitrogen and oxygen atoms in total. The molecule has 5 heteroatoms. The highest BCUT2D eigenvalue weighted by Crippen LogP contribution is 2.21. The fraction of sp³-hybridized carbons (Fsp3) is 0.923. The van der Waals surface area contributed by atoms with E-state index in [1.54, 1.807) is 7.11 Å². The summed E-state index contributed by atoms with van der Waals surface area (Å²) in [5.74, 6) is 0.0478. The highest BCUT2D eigenvalue weighted by molar-refractivity contribution is 5.82. The number of aliphatic hydroxyl groups excluding tert-OH is 1. The Morgan fingerprint density at radius 2 is 2.28 bits per heavy atom. The summed E-state index contributed by atoms with van der Waals surface area (Å²) < 4.78 is 5.22. The monoisotopic (exact) mass is 258 g/mol. The molecule has 0 aromatic heterocycles. The number of rotatable bonds is 7. The lowest BCUT2D eigenvalue weighted by atomic mass is 9.88. The largest absolute Gasteiger partial charge is 0.396 e. The fourth-order valence-electron chi connectivity index (χ4n) is 2.18. The minimum absolute atomic E-state index is 0.0254. The van der Waals surface area contributed by atoms with E-state index in [-0.39, 0.29) is 30.1 Å². The molecule has 3 N–H and O–H groups in total. The first-order valence-electron chi connectivity index (χ1n) is 6.63. The Morgan fingerprint density at radius 3 is 2.83 bits per heavy atom. The maximum absolute atomic E-state index is 11.9. The highest BCUT2D eigenvalue weighted by Gasteiger charge is 2.30. The van der Waals surface area contributed by atoms with E-state index in [9.17, 15) is 4.79 Å². The van der Waals surface area contributed by atoms with Crippen LogP contribution in [-0.4, -0.2) is 50.0 Å². The minimum Gasteiger partial charge on any atom is -0.396 e. The molecule has 1 rings (SSSR count). The van der Waals surface area contributed by atoms with Gasteiger partial charge in [-0.05, 0) is 24.7 Å². The first kappa shape index (κ1) is 15.4. The number of carbonyl (C=O) groups is 1. The van der Waals surface area contributed by atoms with Crippen LogP contribution in [0, 0.1) is 5.41 Å². The zero-order valence-corrected chi connectivity index (χ0v) is 11.7. The summed E-state index contributed by atoms with van der Waals surface area (Å²) in [5.41, 5.74) is 0.0254. The zero-order chi connectivity index (χ0) is 13.6. The van der Waals surface area contributed by atoms with Gasteiger partial charge < -0.3 is 20.5 Å². The van der Waals surface area contributed by atoms with Crippen LogP contribution in [0.3, 0.4) is 0 Å². The van der Waals surface area contributed by atoms with Crippen molar-refractivity contribution in [2.45, 2.75) is 45.3 Å². The van der Waals surface area contributed by atoms with Crippen molar-refractivity contribution >= 4 is 5.91 Å². The van der Waals surface area contributed by atoms with Gasteiger partial charge in [-0.3, -0.25) is 4.79 Å². The topological polar surface area (TPSA) is 70.6 Å². The van der Waals surface area contributed by atoms with Crippen molar-refractivity contribution in [3.63, 3.8) is 0 Å². The van der Waals surface area contributed by atoms with Crippen LogP contribution < -0.4 is 10.6 Å². The second-order valence-electron chi connectivity index (χ2n) is 5.76.